The summed E-state index contributed by atoms with van der Waals surface area (Å²) < 4.78 is 44.0. The van der Waals surface area contributed by atoms with Crippen LogP contribution in [0.15, 0.2) is 15.8 Å². The van der Waals surface area contributed by atoms with E-state index in [0.29, 0.717) is 5.56 Å². The van der Waals surface area contributed by atoms with Crippen LogP contribution in [0.5, 0.6) is 0 Å². The van der Waals surface area contributed by atoms with Gasteiger partial charge in [0.1, 0.15) is 23.6 Å². The zero-order valence-electron chi connectivity index (χ0n) is 20.8. The van der Waals surface area contributed by atoms with E-state index >= 15 is 0 Å². The van der Waals surface area contributed by atoms with E-state index < -0.39 is 59.0 Å². The van der Waals surface area contributed by atoms with E-state index in [-0.39, 0.29) is 32.1 Å². The minimum Gasteiger partial charge on any atom is -0.346 e. The van der Waals surface area contributed by atoms with E-state index in [1.165, 1.54) is 10.8 Å². The number of aromatic nitrogens is 2. The molecule has 3 unspecified atom stereocenters. The van der Waals surface area contributed by atoms with Crippen LogP contribution in [0, 0.1) is 13.5 Å². The summed E-state index contributed by atoms with van der Waals surface area (Å²) in [5, 5.41) is -1.23. The molecule has 0 spiro atoms. The summed E-state index contributed by atoms with van der Waals surface area (Å²) in [4.78, 5) is 30.1. The van der Waals surface area contributed by atoms with Gasteiger partial charge >= 0.3 is 5.69 Å². The van der Waals surface area contributed by atoms with E-state index in [0.717, 1.165) is 0 Å². The minimum absolute atomic E-state index is 0.0640. The van der Waals surface area contributed by atoms with Gasteiger partial charge in [-0.15, -0.1) is 0 Å². The third-order valence-electron chi connectivity index (χ3n) is 5.98. The molecular formula is C21H33N4O6PS. The molecule has 0 radical (unpaired) electrons. The van der Waals surface area contributed by atoms with Crippen molar-refractivity contribution in [1.29, 1.82) is 0 Å². The van der Waals surface area contributed by atoms with Crippen LogP contribution in [0.1, 0.15) is 54.7 Å². The van der Waals surface area contributed by atoms with Gasteiger partial charge in [-0.1, -0.05) is 0 Å². The van der Waals surface area contributed by atoms with Gasteiger partial charge in [0.2, 0.25) is 6.54 Å². The monoisotopic (exact) mass is 501 g/mol. The summed E-state index contributed by atoms with van der Waals surface area (Å²) in [7, 11) is -3.14. The van der Waals surface area contributed by atoms with Gasteiger partial charge in [-0.05, 0) is 48.4 Å². The van der Waals surface area contributed by atoms with Gasteiger partial charge < -0.3 is 18.6 Å². The smallest absolute Gasteiger partial charge is 0.330 e. The third-order valence-corrected chi connectivity index (χ3v) is 10.2. The first-order valence-corrected chi connectivity index (χ1v) is 13.3. The van der Waals surface area contributed by atoms with Gasteiger partial charge in [-0.3, -0.25) is 18.6 Å². The first-order chi connectivity index (χ1) is 16.0. The molecule has 33 heavy (non-hydrogen) atoms. The second-order valence-electron chi connectivity index (χ2n) is 8.92. The molecule has 1 aromatic rings. The predicted molar refractivity (Wildman–Crippen MR) is 127 cm³/mol. The van der Waals surface area contributed by atoms with Crippen molar-refractivity contribution in [2.75, 3.05) is 13.2 Å². The zero-order valence-corrected chi connectivity index (χ0v) is 21.5. The lowest BCUT2D eigenvalue weighted by Gasteiger charge is -2.38. The van der Waals surface area contributed by atoms with Crippen LogP contribution in [0.4, 0.5) is 0 Å². The standard InChI is InChI=1S/C21H33N4O6PS/c1-12(2)25(13(3)4)32(29-10-9-22-8)31-17-16-19(30-21(17,7)15(6)33(16)28)24-11-14(5)18(26)23-20(24)27/h11-13,15-17,19H,9-10H2,1-7H3,(H,23,26,27)/t15?,16-,17+,19-,21+,32?,33?/m1/s1/i7D. The maximum absolute atomic E-state index is 13.5. The molecule has 7 atom stereocenters. The van der Waals surface area contributed by atoms with Crippen molar-refractivity contribution in [2.45, 2.75) is 89.0 Å². The molecule has 2 aliphatic heterocycles. The number of aryl methyl sites for hydroxylation is 1. The van der Waals surface area contributed by atoms with Crippen LogP contribution < -0.4 is 11.2 Å². The second kappa shape index (κ2) is 10.1. The number of hydrogen-bond donors (Lipinski definition) is 1. The van der Waals surface area contributed by atoms with Crippen LogP contribution in [0.3, 0.4) is 0 Å². The summed E-state index contributed by atoms with van der Waals surface area (Å²) in [5.41, 5.74) is -2.06. The normalized spacial score (nSPS) is 32.5. The second-order valence-corrected chi connectivity index (χ2v) is 12.2. The minimum atomic E-state index is -1.67. The highest BCUT2D eigenvalue weighted by Gasteiger charge is 2.68. The van der Waals surface area contributed by atoms with Crippen molar-refractivity contribution in [3.05, 3.63) is 44.0 Å². The molecule has 1 N–H and O–H groups in total. The van der Waals surface area contributed by atoms with Gasteiger partial charge in [-0.2, -0.15) is 0 Å². The van der Waals surface area contributed by atoms with E-state index in [1.54, 1.807) is 13.8 Å². The fourth-order valence-electron chi connectivity index (χ4n) is 4.31. The fraction of sp³-hybridized carbons (Fsp3) is 0.762. The Labute approximate surface area is 199 Å². The van der Waals surface area contributed by atoms with Gasteiger partial charge in [0.15, 0.2) is 6.23 Å². The molecule has 3 heterocycles. The van der Waals surface area contributed by atoms with Crippen LogP contribution in [0.2, 0.25) is 0 Å². The van der Waals surface area contributed by atoms with Gasteiger partial charge in [0, 0.05) is 36.0 Å². The Hall–Kier alpha value is -1.41. The average Bonchev–Trinajstić information content (AvgIpc) is 3.18. The highest BCUT2D eigenvalue weighted by molar-refractivity contribution is 7.86. The molecule has 0 aromatic carbocycles. The molecule has 0 saturated carbocycles. The number of nitrogens with zero attached hydrogens (tertiary/aromatic N) is 3. The lowest BCUT2D eigenvalue weighted by molar-refractivity contribution is -0.0895. The van der Waals surface area contributed by atoms with Crippen molar-refractivity contribution in [3.63, 3.8) is 0 Å². The van der Waals surface area contributed by atoms with Crippen molar-refractivity contribution in [3.8, 4) is 0 Å². The Balaban J connectivity index is 2.04. The summed E-state index contributed by atoms with van der Waals surface area (Å²) in [6.45, 7) is 18.6. The Morgan fingerprint density at radius 1 is 1.42 bits per heavy atom. The molecule has 12 heteroatoms. The van der Waals surface area contributed by atoms with Gasteiger partial charge in [0.05, 0.1) is 5.25 Å². The maximum Gasteiger partial charge on any atom is 0.330 e. The van der Waals surface area contributed by atoms with Gasteiger partial charge in [-0.25, -0.2) is 16.0 Å². The molecule has 1 aromatic heterocycles. The van der Waals surface area contributed by atoms with Crippen LogP contribution in [-0.2, 0) is 24.6 Å². The molecule has 0 aliphatic carbocycles. The first-order valence-electron chi connectivity index (χ1n) is 11.6. The first kappa shape index (κ1) is 24.7. The quantitative estimate of drug-likeness (QED) is 0.314. The lowest BCUT2D eigenvalue weighted by Crippen LogP contribution is -2.46. The largest absolute Gasteiger partial charge is 0.346 e. The molecular weight excluding hydrogens is 467 g/mol. The number of rotatable bonds is 9. The number of ether oxygens (including phenoxy) is 1. The number of hydrogen-bond acceptors (Lipinski definition) is 7. The Morgan fingerprint density at radius 3 is 2.67 bits per heavy atom. The summed E-state index contributed by atoms with van der Waals surface area (Å²) >= 11 is 0. The molecule has 2 aliphatic rings. The third kappa shape index (κ3) is 4.75. The molecule has 184 valence electrons. The van der Waals surface area contributed by atoms with E-state index in [9.17, 15) is 13.8 Å². The summed E-state index contributed by atoms with van der Waals surface area (Å²) in [5.74, 6) is 0. The predicted octanol–water partition coefficient (Wildman–Crippen LogP) is 2.32. The zero-order chi connectivity index (χ0) is 25.4. The summed E-state index contributed by atoms with van der Waals surface area (Å²) in [6, 6.07) is 0.128. The molecule has 10 nitrogen and oxygen atoms in total. The number of nitrogens with one attached hydrogen (secondary N) is 1. The number of H-pyrrole nitrogens is 1. The van der Waals surface area contributed by atoms with Crippen molar-refractivity contribution in [2.24, 2.45) is 0 Å². The van der Waals surface area contributed by atoms with Crippen LogP contribution in [-0.4, -0.2) is 65.9 Å². The Bertz CT molecular complexity index is 1070. The summed E-state index contributed by atoms with van der Waals surface area (Å²) in [6.07, 6.45) is -0.335. The molecule has 2 bridgehead atoms. The van der Waals surface area contributed by atoms with Crippen molar-refractivity contribution in [1.82, 2.24) is 14.2 Å². The molecule has 0 amide bonds. The highest BCUT2D eigenvalue weighted by Crippen LogP contribution is 2.57. The van der Waals surface area contributed by atoms with Crippen molar-refractivity contribution >= 4 is 19.3 Å². The molecule has 2 fully saturated rings. The van der Waals surface area contributed by atoms with E-state index in [1.807, 2.05) is 27.7 Å². The number of aromatic amines is 1. The van der Waals surface area contributed by atoms with Crippen LogP contribution in [0.25, 0.3) is 4.85 Å². The van der Waals surface area contributed by atoms with Gasteiger partial charge in [0.25, 0.3) is 14.1 Å². The average molecular weight is 502 g/mol. The molecule has 3 rings (SSSR count). The highest BCUT2D eigenvalue weighted by atomic mass is 32.2. The SMILES string of the molecule is [2H]C[C@@]12O[C@@H](n3cc(C)c(=O)[nH]c3=O)[C@@H]([C@@H]1OP(OCC[N+]#[C-])N(C(C)C)C(C)C)S(=O)C2C. The number of fused-ring (bicyclic) bond motifs is 2. The molecule has 2 saturated heterocycles. The van der Waals surface area contributed by atoms with E-state index in [4.69, 9.17) is 21.7 Å². The van der Waals surface area contributed by atoms with Crippen molar-refractivity contribution < 1.29 is 19.4 Å². The lowest BCUT2D eigenvalue weighted by atomic mass is 9.96. The van der Waals surface area contributed by atoms with Crippen LogP contribution >= 0.6 is 8.53 Å². The Kier molecular flexibility index (Phi) is 7.53. The topological polar surface area (TPSA) is 107 Å². The van der Waals surface area contributed by atoms with E-state index in [2.05, 4.69) is 14.5 Å². The fourth-order valence-corrected chi connectivity index (χ4v) is 8.19. The maximum atomic E-state index is 13.5. The Morgan fingerprint density at radius 2 is 2.09 bits per heavy atom.